The van der Waals surface area contributed by atoms with Crippen LogP contribution in [0.3, 0.4) is 0 Å². The van der Waals surface area contributed by atoms with Gasteiger partial charge in [0, 0.05) is 5.02 Å². The number of nitrogens with zero attached hydrogens (tertiary/aromatic N) is 1. The van der Waals surface area contributed by atoms with Crippen LogP contribution < -0.4 is 20.2 Å². The zero-order valence-electron chi connectivity index (χ0n) is 17.8. The maximum atomic E-state index is 12.4. The molecule has 0 unspecified atom stereocenters. The molecule has 180 valence electrons. The number of halogens is 4. The van der Waals surface area contributed by atoms with Gasteiger partial charge in [0.15, 0.2) is 11.5 Å². The summed E-state index contributed by atoms with van der Waals surface area (Å²) in [5, 5.41) is 7.15. The molecule has 0 saturated heterocycles. The second kappa shape index (κ2) is 11.9. The van der Waals surface area contributed by atoms with Crippen molar-refractivity contribution in [3.05, 3.63) is 85.8 Å². The van der Waals surface area contributed by atoms with Gasteiger partial charge in [-0.3, -0.25) is 9.59 Å². The Hall–Kier alpha value is -3.30. The van der Waals surface area contributed by atoms with Crippen molar-refractivity contribution in [2.45, 2.75) is 0 Å². The van der Waals surface area contributed by atoms with Crippen LogP contribution in [-0.2, 0) is 9.59 Å². The summed E-state index contributed by atoms with van der Waals surface area (Å²) in [6.07, 6.45) is 1.27. The summed E-state index contributed by atoms with van der Waals surface area (Å²) in [4.78, 5) is 36.4. The van der Waals surface area contributed by atoms with E-state index in [2.05, 4.69) is 15.8 Å². The molecule has 0 bridgehead atoms. The Labute approximate surface area is 219 Å². The summed E-state index contributed by atoms with van der Waals surface area (Å²) in [6, 6.07) is 13.3. The largest absolute Gasteiger partial charge is 0.493 e. The van der Waals surface area contributed by atoms with E-state index >= 15 is 0 Å². The number of amides is 2. The van der Waals surface area contributed by atoms with Crippen molar-refractivity contribution in [3.8, 4) is 11.5 Å². The highest BCUT2D eigenvalue weighted by molar-refractivity contribution is 6.42. The lowest BCUT2D eigenvalue weighted by Gasteiger charge is -2.10. The molecule has 0 atom stereocenters. The molecule has 0 aliphatic rings. The van der Waals surface area contributed by atoms with Gasteiger partial charge in [0.2, 0.25) is 0 Å². The third-order valence-electron chi connectivity index (χ3n) is 4.31. The molecule has 35 heavy (non-hydrogen) atoms. The highest BCUT2D eigenvalue weighted by Crippen LogP contribution is 2.29. The van der Waals surface area contributed by atoms with E-state index in [0.717, 1.165) is 0 Å². The van der Waals surface area contributed by atoms with Gasteiger partial charge in [0.25, 0.3) is 0 Å². The minimum Gasteiger partial charge on any atom is -0.493 e. The highest BCUT2D eigenvalue weighted by atomic mass is 35.5. The molecule has 12 heteroatoms. The summed E-state index contributed by atoms with van der Waals surface area (Å²) in [7, 11) is 1.39. The van der Waals surface area contributed by atoms with Gasteiger partial charge < -0.3 is 14.8 Å². The number of carbonyl (C=O) groups excluding carboxylic acids is 3. The van der Waals surface area contributed by atoms with Gasteiger partial charge in [-0.25, -0.2) is 10.2 Å². The van der Waals surface area contributed by atoms with Crippen molar-refractivity contribution < 1.29 is 23.9 Å². The summed E-state index contributed by atoms with van der Waals surface area (Å²) < 4.78 is 10.6. The number of anilines is 1. The van der Waals surface area contributed by atoms with E-state index in [9.17, 15) is 14.4 Å². The van der Waals surface area contributed by atoms with Crippen molar-refractivity contribution in [2.75, 3.05) is 12.4 Å². The van der Waals surface area contributed by atoms with E-state index < -0.39 is 17.8 Å². The quantitative estimate of drug-likeness (QED) is 0.135. The minimum atomic E-state index is -1.03. The van der Waals surface area contributed by atoms with E-state index in [0.29, 0.717) is 15.6 Å². The number of methoxy groups -OCH3 is 1. The summed E-state index contributed by atoms with van der Waals surface area (Å²) in [6.45, 7) is 0. The average Bonchev–Trinajstić information content (AvgIpc) is 2.83. The smallest absolute Gasteiger partial charge is 0.343 e. The number of nitrogens with one attached hydrogen (secondary N) is 2. The molecule has 3 aromatic carbocycles. The number of hydrogen-bond donors (Lipinski definition) is 2. The minimum absolute atomic E-state index is 0.141. The Morgan fingerprint density at radius 3 is 2.29 bits per heavy atom. The summed E-state index contributed by atoms with van der Waals surface area (Å²) in [5.41, 5.74) is 2.96. The molecule has 8 nitrogen and oxygen atoms in total. The predicted molar refractivity (Wildman–Crippen MR) is 135 cm³/mol. The maximum absolute atomic E-state index is 12.4. The number of rotatable bonds is 6. The van der Waals surface area contributed by atoms with Crippen LogP contribution in [0.1, 0.15) is 15.9 Å². The zero-order valence-corrected chi connectivity index (χ0v) is 20.8. The first-order valence-corrected chi connectivity index (χ1v) is 11.1. The van der Waals surface area contributed by atoms with Gasteiger partial charge in [-0.05, 0) is 60.2 Å². The van der Waals surface area contributed by atoms with E-state index in [1.54, 1.807) is 6.07 Å². The number of esters is 1. The lowest BCUT2D eigenvalue weighted by Crippen LogP contribution is -2.32. The molecule has 3 aromatic rings. The first kappa shape index (κ1) is 26.3. The van der Waals surface area contributed by atoms with Crippen LogP contribution in [0.5, 0.6) is 11.5 Å². The number of ether oxygens (including phenoxy) is 2. The summed E-state index contributed by atoms with van der Waals surface area (Å²) >= 11 is 23.6. The van der Waals surface area contributed by atoms with Crippen LogP contribution in [0.4, 0.5) is 5.69 Å². The second-order valence-electron chi connectivity index (χ2n) is 6.71. The Kier molecular flexibility index (Phi) is 8.95. The van der Waals surface area contributed by atoms with Crippen LogP contribution in [-0.4, -0.2) is 31.1 Å². The Morgan fingerprint density at radius 2 is 1.57 bits per heavy atom. The Morgan fingerprint density at radius 1 is 0.829 bits per heavy atom. The molecule has 0 fully saturated rings. The van der Waals surface area contributed by atoms with Gasteiger partial charge in [-0.15, -0.1) is 0 Å². The SMILES string of the molecule is COc1cc(C=NNC(=O)C(=O)Nc2cc(Cl)ccc2Cl)ccc1OC(=O)c1ccc(Cl)c(Cl)c1. The predicted octanol–water partition coefficient (Wildman–Crippen LogP) is 5.62. The van der Waals surface area contributed by atoms with Gasteiger partial charge in [0.1, 0.15) is 0 Å². The van der Waals surface area contributed by atoms with E-state index in [-0.39, 0.29) is 32.8 Å². The molecular weight excluding hydrogens is 540 g/mol. The Bertz CT molecular complexity index is 1330. The second-order valence-corrected chi connectivity index (χ2v) is 8.36. The molecular formula is C23H15Cl4N3O5. The van der Waals surface area contributed by atoms with Crippen molar-refractivity contribution >= 4 is 76.1 Å². The fraction of sp³-hybridized carbons (Fsp3) is 0.0435. The third kappa shape index (κ3) is 7.10. The lowest BCUT2D eigenvalue weighted by molar-refractivity contribution is -0.136. The topological polar surface area (TPSA) is 106 Å². The molecule has 0 saturated carbocycles. The first-order chi connectivity index (χ1) is 16.7. The molecule has 0 aliphatic carbocycles. The third-order valence-corrected chi connectivity index (χ3v) is 5.61. The van der Waals surface area contributed by atoms with E-state index in [1.165, 1.54) is 61.9 Å². The molecule has 3 rings (SSSR count). The molecule has 0 aromatic heterocycles. The fourth-order valence-corrected chi connectivity index (χ4v) is 3.25. The molecule has 0 radical (unpaired) electrons. The summed E-state index contributed by atoms with van der Waals surface area (Å²) in [5.74, 6) is -2.32. The monoisotopic (exact) mass is 553 g/mol. The normalized spacial score (nSPS) is 10.7. The van der Waals surface area contributed by atoms with Crippen LogP contribution in [0.25, 0.3) is 0 Å². The fourth-order valence-electron chi connectivity index (χ4n) is 2.62. The van der Waals surface area contributed by atoms with Crippen LogP contribution >= 0.6 is 46.4 Å². The number of carbonyl (C=O) groups is 3. The van der Waals surface area contributed by atoms with Crippen molar-refractivity contribution in [1.29, 1.82) is 0 Å². The van der Waals surface area contributed by atoms with Gasteiger partial charge in [-0.1, -0.05) is 46.4 Å². The lowest BCUT2D eigenvalue weighted by atomic mass is 10.2. The maximum Gasteiger partial charge on any atom is 0.343 e. The standard InChI is InChI=1S/C23H15Cl4N3O5/c1-34-20-8-12(2-7-19(20)35-23(33)13-3-5-15(25)17(27)9-13)11-28-30-22(32)21(31)29-18-10-14(24)4-6-16(18)26/h2-11H,1H3,(H,29,31)(H,30,32). The molecule has 2 N–H and O–H groups in total. The van der Waals surface area contributed by atoms with E-state index in [1.807, 2.05) is 0 Å². The van der Waals surface area contributed by atoms with Crippen LogP contribution in [0.15, 0.2) is 59.7 Å². The highest BCUT2D eigenvalue weighted by Gasteiger charge is 2.16. The van der Waals surface area contributed by atoms with Gasteiger partial charge in [-0.2, -0.15) is 5.10 Å². The van der Waals surface area contributed by atoms with Crippen molar-refractivity contribution in [2.24, 2.45) is 5.10 Å². The first-order valence-electron chi connectivity index (χ1n) is 9.62. The number of hydrogen-bond acceptors (Lipinski definition) is 6. The zero-order chi connectivity index (χ0) is 25.5. The molecule has 0 heterocycles. The molecule has 2 amide bonds. The Balaban J connectivity index is 1.63. The molecule has 0 spiro atoms. The average molecular weight is 555 g/mol. The number of hydrazone groups is 1. The van der Waals surface area contributed by atoms with Crippen LogP contribution in [0, 0.1) is 0 Å². The number of benzene rings is 3. The van der Waals surface area contributed by atoms with Crippen molar-refractivity contribution in [3.63, 3.8) is 0 Å². The van der Waals surface area contributed by atoms with Gasteiger partial charge >= 0.3 is 17.8 Å². The van der Waals surface area contributed by atoms with Gasteiger partial charge in [0.05, 0.1) is 39.6 Å². The van der Waals surface area contributed by atoms with E-state index in [4.69, 9.17) is 55.9 Å². The molecule has 0 aliphatic heterocycles. The van der Waals surface area contributed by atoms with Crippen molar-refractivity contribution in [1.82, 2.24) is 5.43 Å². The van der Waals surface area contributed by atoms with Crippen LogP contribution in [0.2, 0.25) is 20.1 Å².